The second-order valence-electron chi connectivity index (χ2n) is 7.76. The maximum Gasteiger partial charge on any atom is 0.237 e. The van der Waals surface area contributed by atoms with Crippen molar-refractivity contribution >= 4 is 5.91 Å². The van der Waals surface area contributed by atoms with E-state index < -0.39 is 0 Å². The molecule has 2 aromatic carbocycles. The summed E-state index contributed by atoms with van der Waals surface area (Å²) in [4.78, 5) is 19.3. The summed E-state index contributed by atoms with van der Waals surface area (Å²) >= 11 is 0. The molecule has 0 radical (unpaired) electrons. The Labute approximate surface area is 170 Å². The van der Waals surface area contributed by atoms with Crippen molar-refractivity contribution in [2.75, 3.05) is 13.1 Å². The highest BCUT2D eigenvalue weighted by molar-refractivity contribution is 5.82. The molecule has 1 aliphatic rings. The molecule has 1 N–H and O–H groups in total. The van der Waals surface area contributed by atoms with Gasteiger partial charge in [-0.3, -0.25) is 9.69 Å². The molecule has 1 aliphatic heterocycles. The van der Waals surface area contributed by atoms with E-state index in [0.717, 1.165) is 18.7 Å². The first-order chi connectivity index (χ1) is 14.1. The highest BCUT2D eigenvalue weighted by Crippen LogP contribution is 2.20. The molecule has 0 aliphatic carbocycles. The van der Waals surface area contributed by atoms with E-state index >= 15 is 0 Å². The molecule has 3 aromatic rings. The number of benzene rings is 2. The van der Waals surface area contributed by atoms with Crippen molar-refractivity contribution in [3.63, 3.8) is 0 Å². The Morgan fingerprint density at radius 1 is 1.14 bits per heavy atom. The molecular formula is C23H26N4O2. The summed E-state index contributed by atoms with van der Waals surface area (Å²) in [5, 5.41) is 7.04. The van der Waals surface area contributed by atoms with Gasteiger partial charge in [0.1, 0.15) is 0 Å². The lowest BCUT2D eigenvalue weighted by atomic mass is 10.0. The Morgan fingerprint density at radius 2 is 1.90 bits per heavy atom. The van der Waals surface area contributed by atoms with Crippen LogP contribution in [-0.2, 0) is 17.8 Å². The van der Waals surface area contributed by atoms with Gasteiger partial charge in [-0.05, 0) is 17.0 Å². The zero-order valence-corrected chi connectivity index (χ0v) is 16.8. The normalized spacial score (nSPS) is 17.5. The third-order valence-electron chi connectivity index (χ3n) is 5.34. The maximum atomic E-state index is 12.6. The number of carbonyl (C=O) groups is 1. The Morgan fingerprint density at radius 3 is 2.62 bits per heavy atom. The topological polar surface area (TPSA) is 71.3 Å². The largest absolute Gasteiger partial charge is 0.353 e. The molecule has 2 heterocycles. The van der Waals surface area contributed by atoms with Crippen LogP contribution in [0.1, 0.15) is 36.8 Å². The number of hydrogen-bond donors (Lipinski definition) is 1. The molecule has 1 unspecified atom stereocenters. The first kappa shape index (κ1) is 19.3. The SMILES string of the molecule is CC(C)c1ccc(CN2CCNC(=O)C2Cc2nc(-c3ccccc3)no2)cc1. The zero-order chi connectivity index (χ0) is 20.2. The summed E-state index contributed by atoms with van der Waals surface area (Å²) in [5.74, 6) is 1.54. The van der Waals surface area contributed by atoms with Gasteiger partial charge in [0.25, 0.3) is 0 Å². The first-order valence-corrected chi connectivity index (χ1v) is 10.1. The van der Waals surface area contributed by atoms with Crippen molar-refractivity contribution in [2.45, 2.75) is 38.8 Å². The minimum atomic E-state index is -0.322. The summed E-state index contributed by atoms with van der Waals surface area (Å²) in [5.41, 5.74) is 3.42. The molecule has 0 spiro atoms. The molecule has 6 heteroatoms. The van der Waals surface area contributed by atoms with E-state index in [1.165, 1.54) is 11.1 Å². The number of nitrogens with zero attached hydrogens (tertiary/aromatic N) is 3. The van der Waals surface area contributed by atoms with E-state index in [9.17, 15) is 4.79 Å². The van der Waals surface area contributed by atoms with E-state index in [1.807, 2.05) is 30.3 Å². The van der Waals surface area contributed by atoms with Crippen LogP contribution >= 0.6 is 0 Å². The van der Waals surface area contributed by atoms with Gasteiger partial charge in [0, 0.05) is 25.2 Å². The number of rotatable bonds is 6. The zero-order valence-electron chi connectivity index (χ0n) is 16.8. The molecule has 150 valence electrons. The summed E-state index contributed by atoms with van der Waals surface area (Å²) in [6.45, 7) is 6.54. The van der Waals surface area contributed by atoms with Crippen LogP contribution < -0.4 is 5.32 Å². The summed E-state index contributed by atoms with van der Waals surface area (Å²) in [6.07, 6.45) is 0.399. The average Bonchev–Trinajstić information content (AvgIpc) is 3.20. The van der Waals surface area contributed by atoms with Gasteiger partial charge in [0.05, 0.1) is 12.5 Å². The van der Waals surface area contributed by atoms with Crippen molar-refractivity contribution in [2.24, 2.45) is 0 Å². The van der Waals surface area contributed by atoms with Crippen LogP contribution in [0.4, 0.5) is 0 Å². The molecule has 1 saturated heterocycles. The predicted octanol–water partition coefficient (Wildman–Crippen LogP) is 3.40. The molecule has 0 saturated carbocycles. The van der Waals surface area contributed by atoms with Crippen LogP contribution in [0, 0.1) is 0 Å². The molecule has 0 bridgehead atoms. The highest BCUT2D eigenvalue weighted by Gasteiger charge is 2.31. The van der Waals surface area contributed by atoms with Gasteiger partial charge >= 0.3 is 0 Å². The van der Waals surface area contributed by atoms with Crippen molar-refractivity contribution in [3.8, 4) is 11.4 Å². The average molecular weight is 390 g/mol. The Balaban J connectivity index is 1.48. The van der Waals surface area contributed by atoms with E-state index in [-0.39, 0.29) is 11.9 Å². The minimum Gasteiger partial charge on any atom is -0.353 e. The van der Waals surface area contributed by atoms with Gasteiger partial charge in [-0.1, -0.05) is 73.6 Å². The number of aromatic nitrogens is 2. The van der Waals surface area contributed by atoms with Gasteiger partial charge in [-0.25, -0.2) is 0 Å². The lowest BCUT2D eigenvalue weighted by Gasteiger charge is -2.34. The van der Waals surface area contributed by atoms with Crippen molar-refractivity contribution in [1.82, 2.24) is 20.4 Å². The number of hydrogen-bond acceptors (Lipinski definition) is 5. The first-order valence-electron chi connectivity index (χ1n) is 10.1. The van der Waals surface area contributed by atoms with Crippen molar-refractivity contribution < 1.29 is 9.32 Å². The third-order valence-corrected chi connectivity index (χ3v) is 5.34. The van der Waals surface area contributed by atoms with Gasteiger partial charge < -0.3 is 9.84 Å². The van der Waals surface area contributed by atoms with Crippen LogP contribution in [0.3, 0.4) is 0 Å². The van der Waals surface area contributed by atoms with E-state index in [1.54, 1.807) is 0 Å². The molecule has 1 aromatic heterocycles. The van der Waals surface area contributed by atoms with Gasteiger partial charge in [0.2, 0.25) is 17.6 Å². The van der Waals surface area contributed by atoms with Crippen molar-refractivity contribution in [1.29, 1.82) is 0 Å². The number of amides is 1. The second-order valence-corrected chi connectivity index (χ2v) is 7.76. The van der Waals surface area contributed by atoms with Gasteiger partial charge in [0.15, 0.2) is 0 Å². The highest BCUT2D eigenvalue weighted by atomic mass is 16.5. The summed E-state index contributed by atoms with van der Waals surface area (Å²) in [6, 6.07) is 18.0. The second kappa shape index (κ2) is 8.57. The van der Waals surface area contributed by atoms with Crippen LogP contribution in [-0.4, -0.2) is 40.1 Å². The Kier molecular flexibility index (Phi) is 5.71. The minimum absolute atomic E-state index is 0.00881. The van der Waals surface area contributed by atoms with Crippen LogP contribution in [0.5, 0.6) is 0 Å². The smallest absolute Gasteiger partial charge is 0.237 e. The van der Waals surface area contributed by atoms with Crippen LogP contribution in [0.25, 0.3) is 11.4 Å². The van der Waals surface area contributed by atoms with Gasteiger partial charge in [-0.2, -0.15) is 4.98 Å². The van der Waals surface area contributed by atoms with Crippen molar-refractivity contribution in [3.05, 3.63) is 71.6 Å². The Bertz CT molecular complexity index is 951. The maximum absolute atomic E-state index is 12.6. The number of piperazine rings is 1. The molecule has 29 heavy (non-hydrogen) atoms. The molecule has 1 atom stereocenters. The summed E-state index contributed by atoms with van der Waals surface area (Å²) < 4.78 is 5.44. The number of carbonyl (C=O) groups excluding carboxylic acids is 1. The fourth-order valence-corrected chi connectivity index (χ4v) is 3.62. The lowest BCUT2D eigenvalue weighted by molar-refractivity contribution is -0.129. The van der Waals surface area contributed by atoms with Gasteiger partial charge in [-0.15, -0.1) is 0 Å². The molecule has 4 rings (SSSR count). The van der Waals surface area contributed by atoms with Crippen LogP contribution in [0.15, 0.2) is 59.1 Å². The predicted molar refractivity (Wildman–Crippen MR) is 111 cm³/mol. The fourth-order valence-electron chi connectivity index (χ4n) is 3.62. The molecule has 6 nitrogen and oxygen atoms in total. The van der Waals surface area contributed by atoms with E-state index in [4.69, 9.17) is 4.52 Å². The molecular weight excluding hydrogens is 364 g/mol. The fraction of sp³-hybridized carbons (Fsp3) is 0.348. The summed E-state index contributed by atoms with van der Waals surface area (Å²) in [7, 11) is 0. The van der Waals surface area contributed by atoms with E-state index in [0.29, 0.717) is 30.6 Å². The third kappa shape index (κ3) is 4.54. The van der Waals surface area contributed by atoms with Crippen LogP contribution in [0.2, 0.25) is 0 Å². The molecule has 1 amide bonds. The quantitative estimate of drug-likeness (QED) is 0.698. The van der Waals surface area contributed by atoms with E-state index in [2.05, 4.69) is 58.5 Å². The standard InChI is InChI=1S/C23H26N4O2/c1-16(2)18-10-8-17(9-11-18)15-27-13-12-24-23(28)20(27)14-21-25-22(26-29-21)19-6-4-3-5-7-19/h3-11,16,20H,12-15H2,1-2H3,(H,24,28). The molecule has 1 fully saturated rings. The lowest BCUT2D eigenvalue weighted by Crippen LogP contribution is -2.55. The Hall–Kier alpha value is -2.99. The monoisotopic (exact) mass is 390 g/mol. The number of nitrogens with one attached hydrogen (secondary N) is 1.